The molecule has 31 heavy (non-hydrogen) atoms. The zero-order valence-corrected chi connectivity index (χ0v) is 18.8. The maximum Gasteiger partial charge on any atom is 0.323 e. The first-order valence-corrected chi connectivity index (χ1v) is 11.5. The van der Waals surface area contributed by atoms with Gasteiger partial charge in [0.1, 0.15) is 18.4 Å². The Bertz CT molecular complexity index is 930. The molecule has 0 aliphatic carbocycles. The Morgan fingerprint density at radius 1 is 1.06 bits per heavy atom. The van der Waals surface area contributed by atoms with E-state index in [1.807, 2.05) is 12.1 Å². The summed E-state index contributed by atoms with van der Waals surface area (Å²) in [5, 5.41) is 13.4. The number of ether oxygens (including phenoxy) is 2. The molecule has 0 bridgehead atoms. The molecule has 0 spiro atoms. The van der Waals surface area contributed by atoms with Crippen molar-refractivity contribution < 1.29 is 28.3 Å². The minimum absolute atomic E-state index is 0.000304. The molecule has 0 aliphatic heterocycles. The Labute approximate surface area is 181 Å². The van der Waals surface area contributed by atoms with Crippen LogP contribution in [0.1, 0.15) is 31.9 Å². The van der Waals surface area contributed by atoms with Crippen molar-refractivity contribution in [1.29, 1.82) is 0 Å². The number of nitro benzene ring substituents is 1. The molecule has 2 atom stereocenters. The van der Waals surface area contributed by atoms with Gasteiger partial charge in [-0.3, -0.25) is 19.5 Å². The normalized spacial score (nSPS) is 14.0. The summed E-state index contributed by atoms with van der Waals surface area (Å²) >= 11 is 0. The summed E-state index contributed by atoms with van der Waals surface area (Å²) in [7, 11) is -1.97. The fraction of sp³-hybridized carbons (Fsp3) is 0.381. The maximum atomic E-state index is 13.0. The van der Waals surface area contributed by atoms with E-state index in [9.17, 15) is 19.5 Å². The zero-order valence-electron chi connectivity index (χ0n) is 17.9. The second-order valence-electron chi connectivity index (χ2n) is 7.21. The number of nitro groups is 1. The average molecular weight is 450 g/mol. The third kappa shape index (κ3) is 7.79. The van der Waals surface area contributed by atoms with E-state index in [1.165, 1.54) is 19.2 Å². The molecule has 10 heteroatoms. The number of rotatable bonds is 11. The van der Waals surface area contributed by atoms with Crippen molar-refractivity contribution in [2.75, 3.05) is 7.11 Å². The first kappa shape index (κ1) is 24.5. The van der Waals surface area contributed by atoms with Crippen LogP contribution in [0.3, 0.4) is 0 Å². The van der Waals surface area contributed by atoms with E-state index in [1.54, 1.807) is 45.0 Å². The van der Waals surface area contributed by atoms with Gasteiger partial charge >= 0.3 is 5.97 Å². The number of esters is 1. The van der Waals surface area contributed by atoms with Crippen LogP contribution in [0.4, 0.5) is 5.69 Å². The molecule has 2 aromatic carbocycles. The number of nitrogens with zero attached hydrogens (tertiary/aromatic N) is 1. The van der Waals surface area contributed by atoms with Crippen molar-refractivity contribution in [1.82, 2.24) is 5.09 Å². The molecular formula is C21H27N2O7P. The highest BCUT2D eigenvalue weighted by Crippen LogP contribution is 2.45. The maximum absolute atomic E-state index is 13.0. The second-order valence-corrected chi connectivity index (χ2v) is 9.49. The minimum Gasteiger partial charge on any atom is -0.489 e. The second kappa shape index (κ2) is 11.0. The quantitative estimate of drug-likeness (QED) is 0.231. The molecule has 0 fully saturated rings. The number of carbonyl (C=O) groups excluding carboxylic acids is 1. The van der Waals surface area contributed by atoms with Crippen LogP contribution >= 0.6 is 7.52 Å². The van der Waals surface area contributed by atoms with Gasteiger partial charge in [0, 0.05) is 19.2 Å². The van der Waals surface area contributed by atoms with Crippen LogP contribution in [0.25, 0.3) is 0 Å². The van der Waals surface area contributed by atoms with Gasteiger partial charge in [0.25, 0.3) is 13.2 Å². The largest absolute Gasteiger partial charge is 0.489 e. The molecule has 0 saturated carbocycles. The van der Waals surface area contributed by atoms with E-state index in [0.29, 0.717) is 5.75 Å². The number of nitrogens with one attached hydrogen (secondary N) is 1. The van der Waals surface area contributed by atoms with Crippen molar-refractivity contribution in [3.63, 3.8) is 0 Å². The summed E-state index contributed by atoms with van der Waals surface area (Å²) in [6.07, 6.45) is -0.161. The van der Waals surface area contributed by atoms with Crippen molar-refractivity contribution in [2.45, 2.75) is 45.7 Å². The van der Waals surface area contributed by atoms with Gasteiger partial charge in [-0.25, -0.2) is 5.09 Å². The minimum atomic E-state index is -3.30. The predicted octanol–water partition coefficient (Wildman–Crippen LogP) is 4.44. The molecule has 0 heterocycles. The summed E-state index contributed by atoms with van der Waals surface area (Å²) < 4.78 is 29.0. The summed E-state index contributed by atoms with van der Waals surface area (Å²) in [6, 6.07) is 12.3. The Morgan fingerprint density at radius 2 is 1.65 bits per heavy atom. The van der Waals surface area contributed by atoms with E-state index < -0.39 is 24.5 Å². The van der Waals surface area contributed by atoms with E-state index in [0.717, 1.165) is 11.1 Å². The topological polar surface area (TPSA) is 117 Å². The summed E-state index contributed by atoms with van der Waals surface area (Å²) in [4.78, 5) is 22.2. The average Bonchev–Trinajstić information content (AvgIpc) is 2.73. The van der Waals surface area contributed by atoms with Gasteiger partial charge in [-0.15, -0.1) is 0 Å². The van der Waals surface area contributed by atoms with Crippen LogP contribution in [0.15, 0.2) is 48.5 Å². The van der Waals surface area contributed by atoms with Crippen LogP contribution in [0.2, 0.25) is 0 Å². The van der Waals surface area contributed by atoms with Gasteiger partial charge in [0.2, 0.25) is 0 Å². The monoisotopic (exact) mass is 450 g/mol. The predicted molar refractivity (Wildman–Crippen MR) is 116 cm³/mol. The van der Waals surface area contributed by atoms with E-state index in [2.05, 4.69) is 5.09 Å². The molecular weight excluding hydrogens is 423 g/mol. The van der Waals surface area contributed by atoms with Gasteiger partial charge in [0.15, 0.2) is 0 Å². The van der Waals surface area contributed by atoms with Crippen LogP contribution in [0.5, 0.6) is 5.75 Å². The fourth-order valence-electron chi connectivity index (χ4n) is 2.66. The van der Waals surface area contributed by atoms with Gasteiger partial charge in [-0.2, -0.15) is 0 Å². The molecule has 0 aliphatic rings. The van der Waals surface area contributed by atoms with Crippen LogP contribution in [-0.4, -0.2) is 30.1 Å². The molecule has 2 aromatic rings. The van der Waals surface area contributed by atoms with Crippen molar-refractivity contribution in [3.05, 3.63) is 69.8 Å². The van der Waals surface area contributed by atoms with Crippen LogP contribution in [-0.2, 0) is 31.4 Å². The lowest BCUT2D eigenvalue weighted by molar-refractivity contribution is -0.384. The molecule has 0 saturated heterocycles. The number of carbonyl (C=O) groups is 1. The van der Waals surface area contributed by atoms with Crippen LogP contribution in [0, 0.1) is 10.1 Å². The van der Waals surface area contributed by atoms with Gasteiger partial charge < -0.3 is 14.0 Å². The number of benzene rings is 2. The van der Waals surface area contributed by atoms with Crippen molar-refractivity contribution in [3.8, 4) is 5.75 Å². The zero-order chi connectivity index (χ0) is 23.0. The third-order valence-corrected chi connectivity index (χ3v) is 6.41. The first-order valence-electron chi connectivity index (χ1n) is 9.70. The number of hydrogen-bond donors (Lipinski definition) is 1. The molecule has 0 aromatic heterocycles. The SMILES string of the molecule is COP(=O)(Cc1ccc(COc2ccc([N+](=O)[O-])cc2)cc1)N[C@@H](C)C(=O)OC(C)C. The highest BCUT2D eigenvalue weighted by Gasteiger charge is 2.28. The lowest BCUT2D eigenvalue weighted by Gasteiger charge is -2.22. The molecule has 9 nitrogen and oxygen atoms in total. The number of non-ortho nitro benzene ring substituents is 1. The van der Waals surface area contributed by atoms with E-state index >= 15 is 0 Å². The molecule has 0 amide bonds. The summed E-state index contributed by atoms with van der Waals surface area (Å²) in [6.45, 7) is 5.34. The Morgan fingerprint density at radius 3 is 2.16 bits per heavy atom. The van der Waals surface area contributed by atoms with Gasteiger partial charge in [-0.1, -0.05) is 24.3 Å². The van der Waals surface area contributed by atoms with Crippen molar-refractivity contribution in [2.24, 2.45) is 0 Å². The molecule has 1 N–H and O–H groups in total. The lowest BCUT2D eigenvalue weighted by atomic mass is 10.2. The van der Waals surface area contributed by atoms with Gasteiger partial charge in [0.05, 0.1) is 17.2 Å². The number of hydrogen-bond acceptors (Lipinski definition) is 7. The smallest absolute Gasteiger partial charge is 0.323 e. The Kier molecular flexibility index (Phi) is 8.74. The molecule has 1 unspecified atom stereocenters. The Balaban J connectivity index is 1.94. The van der Waals surface area contributed by atoms with Crippen LogP contribution < -0.4 is 9.82 Å². The highest BCUT2D eigenvalue weighted by atomic mass is 31.2. The highest BCUT2D eigenvalue weighted by molar-refractivity contribution is 7.56. The third-order valence-electron chi connectivity index (χ3n) is 4.26. The standard InChI is InChI=1S/C21H27N2O7P/c1-15(2)30-21(24)16(3)22-31(27,28-4)14-18-7-5-17(6-8-18)13-29-20-11-9-19(10-12-20)23(25)26/h5-12,15-16H,13-14H2,1-4H3,(H,22,27)/t16-,31?/m0/s1. The van der Waals surface area contributed by atoms with Gasteiger partial charge in [-0.05, 0) is 44.0 Å². The van der Waals surface area contributed by atoms with E-state index in [4.69, 9.17) is 14.0 Å². The Hall–Kier alpha value is -2.74. The summed E-state index contributed by atoms with van der Waals surface area (Å²) in [5.41, 5.74) is 1.64. The molecule has 2 rings (SSSR count). The fourth-order valence-corrected chi connectivity index (χ4v) is 4.37. The molecule has 0 radical (unpaired) electrons. The lowest BCUT2D eigenvalue weighted by Crippen LogP contribution is -2.35. The molecule has 168 valence electrons. The van der Waals surface area contributed by atoms with Crippen molar-refractivity contribution >= 4 is 19.2 Å². The summed E-state index contributed by atoms with van der Waals surface area (Å²) in [5.74, 6) is 0.0241. The first-order chi connectivity index (χ1) is 14.6. The van der Waals surface area contributed by atoms with E-state index in [-0.39, 0.29) is 24.6 Å².